The number of aromatic amines is 2. The van der Waals surface area contributed by atoms with E-state index in [1.54, 1.807) is 4.57 Å². The molecule has 0 aliphatic heterocycles. The summed E-state index contributed by atoms with van der Waals surface area (Å²) in [6.07, 6.45) is 1.82. The number of aryl methyl sites for hydroxylation is 1. The summed E-state index contributed by atoms with van der Waals surface area (Å²) in [7, 11) is 0. The monoisotopic (exact) mass is 266 g/mol. The van der Waals surface area contributed by atoms with E-state index < -0.39 is 0 Å². The Morgan fingerprint density at radius 2 is 2.11 bits per heavy atom. The van der Waals surface area contributed by atoms with Gasteiger partial charge in [0.1, 0.15) is 16.0 Å². The zero-order chi connectivity index (χ0) is 13.3. The van der Waals surface area contributed by atoms with Crippen LogP contribution in [-0.4, -0.2) is 19.5 Å². The first-order chi connectivity index (χ1) is 8.56. The van der Waals surface area contributed by atoms with Gasteiger partial charge in [0, 0.05) is 13.0 Å². The van der Waals surface area contributed by atoms with E-state index in [4.69, 9.17) is 12.2 Å². The third-order valence-electron chi connectivity index (χ3n) is 3.21. The van der Waals surface area contributed by atoms with Crippen LogP contribution in [0.5, 0.6) is 0 Å². The number of H-pyrrole nitrogens is 2. The van der Waals surface area contributed by atoms with Crippen LogP contribution in [0.1, 0.15) is 33.0 Å². The molecule has 0 radical (unpaired) electrons. The summed E-state index contributed by atoms with van der Waals surface area (Å²) in [5.74, 6) is 1.28. The van der Waals surface area contributed by atoms with E-state index in [1.807, 2.05) is 6.92 Å². The number of aromatic nitrogens is 4. The molecule has 1 atom stereocenters. The largest absolute Gasteiger partial charge is 0.338 e. The molecule has 18 heavy (non-hydrogen) atoms. The Morgan fingerprint density at radius 1 is 1.39 bits per heavy atom. The highest BCUT2D eigenvalue weighted by molar-refractivity contribution is 7.71. The van der Waals surface area contributed by atoms with Crippen molar-refractivity contribution in [1.29, 1.82) is 0 Å². The first kappa shape index (κ1) is 13.0. The zero-order valence-electron chi connectivity index (χ0n) is 10.9. The molecule has 5 nitrogen and oxygen atoms in total. The molecule has 0 saturated carbocycles. The van der Waals surface area contributed by atoms with E-state index in [0.717, 1.165) is 24.2 Å². The molecule has 2 rings (SSSR count). The van der Waals surface area contributed by atoms with Crippen LogP contribution in [0.2, 0.25) is 0 Å². The second-order valence-electron chi connectivity index (χ2n) is 4.62. The summed E-state index contributed by atoms with van der Waals surface area (Å²) >= 11 is 5.16. The summed E-state index contributed by atoms with van der Waals surface area (Å²) in [5, 5.41) is 0. The molecule has 0 fully saturated rings. The van der Waals surface area contributed by atoms with Gasteiger partial charge < -0.3 is 4.98 Å². The fourth-order valence-electron chi connectivity index (χ4n) is 1.87. The molecule has 0 aromatic carbocycles. The lowest BCUT2D eigenvalue weighted by molar-refractivity contribution is 0.462. The standard InChI is InChI=1S/C12H18N4OS/c1-4-7(3)6-16-10-9(11(18)15-12(16)17)13-8(5-2)14-10/h7H,4-6H2,1-3H3,(H,13,14)(H,15,17,18). The van der Waals surface area contributed by atoms with Crippen LogP contribution in [0.25, 0.3) is 11.2 Å². The van der Waals surface area contributed by atoms with E-state index >= 15 is 0 Å². The van der Waals surface area contributed by atoms with Gasteiger partial charge in [-0.25, -0.2) is 9.78 Å². The Balaban J connectivity index is 2.67. The van der Waals surface area contributed by atoms with E-state index in [9.17, 15) is 4.79 Å². The van der Waals surface area contributed by atoms with Crippen molar-refractivity contribution in [3.8, 4) is 0 Å². The summed E-state index contributed by atoms with van der Waals surface area (Å²) < 4.78 is 2.11. The third kappa shape index (κ3) is 2.25. The SMILES string of the molecule is CCc1nc2c([nH]1)c(=S)[nH]c(=O)n2CC(C)CC. The van der Waals surface area contributed by atoms with Gasteiger partial charge >= 0.3 is 5.69 Å². The average Bonchev–Trinajstić information content (AvgIpc) is 2.78. The second kappa shape index (κ2) is 5.06. The van der Waals surface area contributed by atoms with Crippen molar-refractivity contribution in [1.82, 2.24) is 19.5 Å². The molecule has 0 bridgehead atoms. The molecule has 2 heterocycles. The number of nitrogens with one attached hydrogen (secondary N) is 2. The summed E-state index contributed by atoms with van der Waals surface area (Å²) in [6.45, 7) is 6.90. The van der Waals surface area contributed by atoms with Gasteiger partial charge in [-0.3, -0.25) is 9.55 Å². The smallest absolute Gasteiger partial charge is 0.328 e. The van der Waals surface area contributed by atoms with Crippen molar-refractivity contribution in [3.63, 3.8) is 0 Å². The van der Waals surface area contributed by atoms with Crippen LogP contribution in [-0.2, 0) is 13.0 Å². The summed E-state index contributed by atoms with van der Waals surface area (Å²) in [6, 6.07) is 0. The van der Waals surface area contributed by atoms with E-state index in [1.165, 1.54) is 0 Å². The maximum Gasteiger partial charge on any atom is 0.328 e. The van der Waals surface area contributed by atoms with Crippen LogP contribution in [0.4, 0.5) is 0 Å². The lowest BCUT2D eigenvalue weighted by Crippen LogP contribution is -2.26. The van der Waals surface area contributed by atoms with Crippen molar-refractivity contribution in [3.05, 3.63) is 20.9 Å². The van der Waals surface area contributed by atoms with Crippen LogP contribution in [0.3, 0.4) is 0 Å². The topological polar surface area (TPSA) is 66.5 Å². The van der Waals surface area contributed by atoms with E-state index in [0.29, 0.717) is 22.8 Å². The van der Waals surface area contributed by atoms with Gasteiger partial charge in [0.15, 0.2) is 5.65 Å². The fraction of sp³-hybridized carbons (Fsp3) is 0.583. The lowest BCUT2D eigenvalue weighted by atomic mass is 10.1. The van der Waals surface area contributed by atoms with Crippen LogP contribution in [0.15, 0.2) is 4.79 Å². The Labute approximate surface area is 110 Å². The molecule has 0 aliphatic rings. The van der Waals surface area contributed by atoms with E-state index in [2.05, 4.69) is 28.8 Å². The predicted octanol–water partition coefficient (Wildman–Crippen LogP) is 2.39. The molecule has 0 saturated heterocycles. The van der Waals surface area contributed by atoms with Crippen LogP contribution < -0.4 is 5.69 Å². The minimum absolute atomic E-state index is 0.179. The zero-order valence-corrected chi connectivity index (χ0v) is 11.7. The number of hydrogen-bond donors (Lipinski definition) is 2. The molecule has 2 aromatic heterocycles. The van der Waals surface area contributed by atoms with Crippen LogP contribution >= 0.6 is 12.2 Å². The molecule has 98 valence electrons. The van der Waals surface area contributed by atoms with Gasteiger partial charge in [0.05, 0.1) is 0 Å². The van der Waals surface area contributed by atoms with Gasteiger partial charge in [-0.1, -0.05) is 39.4 Å². The molecule has 0 spiro atoms. The highest BCUT2D eigenvalue weighted by Crippen LogP contribution is 2.13. The molecule has 1 unspecified atom stereocenters. The highest BCUT2D eigenvalue weighted by Gasteiger charge is 2.12. The predicted molar refractivity (Wildman–Crippen MR) is 74.4 cm³/mol. The molecule has 2 aromatic rings. The maximum absolute atomic E-state index is 12.0. The van der Waals surface area contributed by atoms with Gasteiger partial charge in [-0.2, -0.15) is 0 Å². The van der Waals surface area contributed by atoms with Gasteiger partial charge in [0.2, 0.25) is 0 Å². The molecular formula is C12H18N4OS. The van der Waals surface area contributed by atoms with Crippen molar-refractivity contribution >= 4 is 23.4 Å². The van der Waals surface area contributed by atoms with E-state index in [-0.39, 0.29) is 5.69 Å². The summed E-state index contributed by atoms with van der Waals surface area (Å²) in [5.41, 5.74) is 1.24. The van der Waals surface area contributed by atoms with Crippen molar-refractivity contribution in [2.75, 3.05) is 0 Å². The number of fused-ring (bicyclic) bond motifs is 1. The maximum atomic E-state index is 12.0. The Morgan fingerprint density at radius 3 is 2.72 bits per heavy atom. The van der Waals surface area contributed by atoms with Gasteiger partial charge in [-0.05, 0) is 5.92 Å². The second-order valence-corrected chi connectivity index (χ2v) is 5.03. The normalized spacial score (nSPS) is 13.1. The van der Waals surface area contributed by atoms with Crippen molar-refractivity contribution < 1.29 is 0 Å². The summed E-state index contributed by atoms with van der Waals surface area (Å²) in [4.78, 5) is 22.3. The quantitative estimate of drug-likeness (QED) is 0.835. The average molecular weight is 266 g/mol. The number of nitrogens with zero attached hydrogens (tertiary/aromatic N) is 2. The van der Waals surface area contributed by atoms with Gasteiger partial charge in [-0.15, -0.1) is 0 Å². The lowest BCUT2D eigenvalue weighted by Gasteiger charge is -2.11. The highest BCUT2D eigenvalue weighted by atomic mass is 32.1. The Kier molecular flexibility index (Phi) is 3.65. The third-order valence-corrected chi connectivity index (χ3v) is 3.51. The number of hydrogen-bond acceptors (Lipinski definition) is 3. The molecule has 0 aliphatic carbocycles. The van der Waals surface area contributed by atoms with Crippen LogP contribution in [0, 0.1) is 10.6 Å². The Hall–Kier alpha value is -1.43. The first-order valence-corrected chi connectivity index (χ1v) is 6.69. The fourth-order valence-corrected chi connectivity index (χ4v) is 2.10. The number of imidazole rings is 1. The molecule has 2 N–H and O–H groups in total. The minimum atomic E-state index is -0.179. The number of rotatable bonds is 4. The minimum Gasteiger partial charge on any atom is -0.338 e. The Bertz CT molecular complexity index is 667. The van der Waals surface area contributed by atoms with Gasteiger partial charge in [0.25, 0.3) is 0 Å². The van der Waals surface area contributed by atoms with Crippen molar-refractivity contribution in [2.24, 2.45) is 5.92 Å². The first-order valence-electron chi connectivity index (χ1n) is 6.28. The molecule has 6 heteroatoms. The molecular weight excluding hydrogens is 248 g/mol. The molecule has 0 amide bonds. The van der Waals surface area contributed by atoms with Crippen molar-refractivity contribution in [2.45, 2.75) is 40.2 Å².